The predicted octanol–water partition coefficient (Wildman–Crippen LogP) is 12.1. The molecule has 0 radical (unpaired) electrons. The summed E-state index contributed by atoms with van der Waals surface area (Å²) in [5.41, 5.74) is 15.8. The molecule has 0 bridgehead atoms. The fourth-order valence-electron chi connectivity index (χ4n) is 8.86. The van der Waals surface area contributed by atoms with Gasteiger partial charge in [-0.1, -0.05) is 139 Å². The highest BCUT2D eigenvalue weighted by atomic mass is 32.2. The van der Waals surface area contributed by atoms with Gasteiger partial charge in [-0.15, -0.1) is 0 Å². The smallest absolute Gasteiger partial charge is 0.0731 e. The minimum atomic E-state index is -0.363. The van der Waals surface area contributed by atoms with Crippen molar-refractivity contribution in [3.05, 3.63) is 180 Å². The minimum absolute atomic E-state index is 0.363. The van der Waals surface area contributed by atoms with Gasteiger partial charge in [-0.25, -0.2) is 0 Å². The molecular weight excluding hydrogens is 573 g/mol. The summed E-state index contributed by atoms with van der Waals surface area (Å²) >= 11 is 1.89. The first-order valence-electron chi connectivity index (χ1n) is 16.0. The quantitative estimate of drug-likeness (QED) is 0.181. The van der Waals surface area contributed by atoms with Crippen molar-refractivity contribution in [1.29, 1.82) is 0 Å². The summed E-state index contributed by atoms with van der Waals surface area (Å²) in [6, 6.07) is 59.5. The standard InChI is InChI=1S/C45H26S/c1-2-12-31-27(10-1)20-22-35-32-13-3-6-16-38(32)45(44(31)35)39-17-7-4-14-33(39)36-25-28(21-23-40(36)45)30-24-29-11-9-19-42-43(29)37(26-30)34-15-5-8-18-41(34)46-42/h1-26H. The van der Waals surface area contributed by atoms with E-state index in [0.29, 0.717) is 0 Å². The monoisotopic (exact) mass is 598 g/mol. The number of hydrogen-bond donors (Lipinski definition) is 0. The van der Waals surface area contributed by atoms with Gasteiger partial charge in [-0.2, -0.15) is 0 Å². The van der Waals surface area contributed by atoms with Crippen LogP contribution in [0.25, 0.3) is 66.1 Å². The maximum atomic E-state index is 2.47. The zero-order chi connectivity index (χ0) is 30.0. The maximum absolute atomic E-state index is 2.47. The Morgan fingerprint density at radius 1 is 0.370 bits per heavy atom. The number of rotatable bonds is 1. The summed E-state index contributed by atoms with van der Waals surface area (Å²) < 4.78 is 0. The summed E-state index contributed by atoms with van der Waals surface area (Å²) in [5, 5.41) is 5.30. The molecule has 3 aliphatic rings. The molecule has 1 aliphatic heterocycles. The van der Waals surface area contributed by atoms with E-state index in [1.807, 2.05) is 11.8 Å². The molecule has 0 nitrogen and oxygen atoms in total. The lowest BCUT2D eigenvalue weighted by Gasteiger charge is -2.31. The van der Waals surface area contributed by atoms with Crippen LogP contribution in [0.15, 0.2) is 168 Å². The van der Waals surface area contributed by atoms with E-state index in [4.69, 9.17) is 0 Å². The van der Waals surface area contributed by atoms with E-state index in [1.54, 1.807) is 0 Å². The van der Waals surface area contributed by atoms with Gasteiger partial charge in [0, 0.05) is 15.2 Å². The Morgan fingerprint density at radius 2 is 1.02 bits per heavy atom. The largest absolute Gasteiger partial charge is 0.0888 e. The molecular formula is C45H26S. The number of benzene rings is 8. The van der Waals surface area contributed by atoms with Crippen molar-refractivity contribution in [3.8, 4) is 44.5 Å². The van der Waals surface area contributed by atoms with Crippen LogP contribution in [0.2, 0.25) is 0 Å². The molecule has 8 aromatic rings. The van der Waals surface area contributed by atoms with Gasteiger partial charge in [-0.05, 0) is 113 Å². The second-order valence-corrected chi connectivity index (χ2v) is 13.9. The molecule has 1 atom stereocenters. The lowest BCUT2D eigenvalue weighted by atomic mass is 9.69. The second-order valence-electron chi connectivity index (χ2n) is 12.8. The fraction of sp³-hybridized carbons (Fsp3) is 0.0222. The van der Waals surface area contributed by atoms with Crippen LogP contribution >= 0.6 is 11.8 Å². The molecule has 0 amide bonds. The van der Waals surface area contributed by atoms with Gasteiger partial charge in [-0.3, -0.25) is 0 Å². The highest BCUT2D eigenvalue weighted by Crippen LogP contribution is 2.64. The molecule has 0 saturated heterocycles. The van der Waals surface area contributed by atoms with Crippen molar-refractivity contribution in [1.82, 2.24) is 0 Å². The normalized spacial score (nSPS) is 16.3. The molecule has 0 fully saturated rings. The summed E-state index contributed by atoms with van der Waals surface area (Å²) in [5.74, 6) is 0. The first-order valence-corrected chi connectivity index (χ1v) is 16.8. The molecule has 1 spiro atoms. The number of hydrogen-bond acceptors (Lipinski definition) is 1. The average Bonchev–Trinajstić information content (AvgIpc) is 3.59. The molecule has 1 heterocycles. The highest BCUT2D eigenvalue weighted by molar-refractivity contribution is 7.99. The minimum Gasteiger partial charge on any atom is -0.0888 e. The van der Waals surface area contributed by atoms with Gasteiger partial charge in [0.1, 0.15) is 0 Å². The van der Waals surface area contributed by atoms with Crippen LogP contribution in [0.4, 0.5) is 0 Å². The Morgan fingerprint density at radius 3 is 1.89 bits per heavy atom. The van der Waals surface area contributed by atoms with E-state index in [9.17, 15) is 0 Å². The van der Waals surface area contributed by atoms with E-state index in [2.05, 4.69) is 158 Å². The molecule has 212 valence electrons. The topological polar surface area (TPSA) is 0 Å². The van der Waals surface area contributed by atoms with Gasteiger partial charge < -0.3 is 0 Å². The second kappa shape index (κ2) is 8.88. The van der Waals surface area contributed by atoms with Crippen LogP contribution in [0.1, 0.15) is 22.3 Å². The van der Waals surface area contributed by atoms with Crippen LogP contribution in [0, 0.1) is 0 Å². The molecule has 2 aliphatic carbocycles. The first kappa shape index (κ1) is 24.9. The van der Waals surface area contributed by atoms with Crippen molar-refractivity contribution >= 4 is 33.3 Å². The molecule has 0 saturated carbocycles. The van der Waals surface area contributed by atoms with Gasteiger partial charge in [0.05, 0.1) is 5.41 Å². The van der Waals surface area contributed by atoms with Crippen molar-refractivity contribution in [3.63, 3.8) is 0 Å². The predicted molar refractivity (Wildman–Crippen MR) is 193 cm³/mol. The number of fused-ring (bicyclic) bond motifs is 14. The summed E-state index contributed by atoms with van der Waals surface area (Å²) in [4.78, 5) is 2.67. The Balaban J connectivity index is 1.21. The van der Waals surface area contributed by atoms with Crippen LogP contribution in [-0.2, 0) is 5.41 Å². The molecule has 46 heavy (non-hydrogen) atoms. The third kappa shape index (κ3) is 3.02. The lowest BCUT2D eigenvalue weighted by Crippen LogP contribution is -2.26. The SMILES string of the molecule is c1ccc2c(c1)Sc1cccc3cc(-c4ccc5c(c4)-c4ccccc4C54c5ccccc5-c5ccc6ccccc6c54)cc-2c13. The van der Waals surface area contributed by atoms with Gasteiger partial charge >= 0.3 is 0 Å². The molecule has 11 rings (SSSR count). The third-order valence-electron chi connectivity index (χ3n) is 10.6. The maximum Gasteiger partial charge on any atom is 0.0731 e. The first-order chi connectivity index (χ1) is 22.8. The van der Waals surface area contributed by atoms with Gasteiger partial charge in [0.15, 0.2) is 0 Å². The van der Waals surface area contributed by atoms with E-state index < -0.39 is 0 Å². The van der Waals surface area contributed by atoms with E-state index in [0.717, 1.165) is 0 Å². The Labute approximate surface area is 272 Å². The average molecular weight is 599 g/mol. The summed E-state index contributed by atoms with van der Waals surface area (Å²) in [6.07, 6.45) is 0. The Hall–Kier alpha value is -5.37. The van der Waals surface area contributed by atoms with Crippen molar-refractivity contribution in [2.24, 2.45) is 0 Å². The zero-order valence-corrected chi connectivity index (χ0v) is 25.7. The summed E-state index contributed by atoms with van der Waals surface area (Å²) in [7, 11) is 0. The lowest BCUT2D eigenvalue weighted by molar-refractivity contribution is 0.801. The van der Waals surface area contributed by atoms with Crippen molar-refractivity contribution in [2.75, 3.05) is 0 Å². The molecule has 0 aromatic heterocycles. The van der Waals surface area contributed by atoms with Gasteiger partial charge in [0.25, 0.3) is 0 Å². The van der Waals surface area contributed by atoms with Crippen LogP contribution in [-0.4, -0.2) is 0 Å². The molecule has 8 aromatic carbocycles. The summed E-state index contributed by atoms with van der Waals surface area (Å²) in [6.45, 7) is 0. The third-order valence-corrected chi connectivity index (χ3v) is 11.8. The van der Waals surface area contributed by atoms with Crippen molar-refractivity contribution < 1.29 is 0 Å². The van der Waals surface area contributed by atoms with Crippen LogP contribution in [0.5, 0.6) is 0 Å². The van der Waals surface area contributed by atoms with E-state index in [-0.39, 0.29) is 5.41 Å². The molecule has 1 heteroatoms. The Kier molecular flexibility index (Phi) is 4.80. The molecule has 1 unspecified atom stereocenters. The highest BCUT2D eigenvalue weighted by Gasteiger charge is 2.52. The molecule has 0 N–H and O–H groups in total. The van der Waals surface area contributed by atoms with E-state index in [1.165, 1.54) is 98.1 Å². The van der Waals surface area contributed by atoms with E-state index >= 15 is 0 Å². The van der Waals surface area contributed by atoms with Crippen LogP contribution in [0.3, 0.4) is 0 Å². The van der Waals surface area contributed by atoms with Crippen LogP contribution < -0.4 is 0 Å². The fourth-order valence-corrected chi connectivity index (χ4v) is 10.0. The Bertz CT molecular complexity index is 2630. The zero-order valence-electron chi connectivity index (χ0n) is 24.9. The van der Waals surface area contributed by atoms with Gasteiger partial charge in [0.2, 0.25) is 0 Å². The van der Waals surface area contributed by atoms with Crippen molar-refractivity contribution in [2.45, 2.75) is 15.2 Å².